The van der Waals surface area contributed by atoms with Crippen LogP contribution in [0.2, 0.25) is 0 Å². The first-order valence-corrected chi connectivity index (χ1v) is 12.1. The van der Waals surface area contributed by atoms with Gasteiger partial charge < -0.3 is 10.2 Å². The Bertz CT molecular complexity index is 1170. The summed E-state index contributed by atoms with van der Waals surface area (Å²) < 4.78 is 27.9. The fourth-order valence-corrected chi connectivity index (χ4v) is 4.89. The molecule has 3 aromatic rings. The Morgan fingerprint density at radius 2 is 1.71 bits per heavy atom. The molecule has 1 N–H and O–H groups in total. The van der Waals surface area contributed by atoms with Crippen LogP contribution in [0.25, 0.3) is 0 Å². The number of nitrogens with one attached hydrogen (secondary N) is 1. The molecule has 7 heteroatoms. The van der Waals surface area contributed by atoms with Gasteiger partial charge in [-0.1, -0.05) is 35.4 Å². The van der Waals surface area contributed by atoms with E-state index in [-0.39, 0.29) is 17.4 Å². The van der Waals surface area contributed by atoms with Crippen LogP contribution in [0.15, 0.2) is 42.6 Å². The molecule has 1 aromatic heterocycles. The lowest BCUT2D eigenvalue weighted by molar-refractivity contribution is 0.0947. The number of piperidine rings is 1. The summed E-state index contributed by atoms with van der Waals surface area (Å²) in [7, 11) is 0. The molecule has 0 saturated carbocycles. The number of nitrogens with zero attached hydrogens (tertiary/aromatic N) is 3. The molecule has 0 radical (unpaired) electrons. The Balaban J connectivity index is 1.38. The Morgan fingerprint density at radius 3 is 2.37 bits per heavy atom. The van der Waals surface area contributed by atoms with Gasteiger partial charge in [-0.2, -0.15) is 0 Å². The molecule has 1 fully saturated rings. The molecule has 2 aromatic carbocycles. The molecule has 2 heterocycles. The highest BCUT2D eigenvalue weighted by molar-refractivity contribution is 5.95. The van der Waals surface area contributed by atoms with Crippen molar-refractivity contribution in [2.75, 3.05) is 19.6 Å². The number of aromatic nitrogens is 2. The highest BCUT2D eigenvalue weighted by atomic mass is 19.1. The minimum atomic E-state index is -0.493. The van der Waals surface area contributed by atoms with E-state index in [9.17, 15) is 13.6 Å². The zero-order valence-electron chi connectivity index (χ0n) is 20.6. The average molecular weight is 479 g/mol. The van der Waals surface area contributed by atoms with Crippen molar-refractivity contribution in [1.29, 1.82) is 0 Å². The van der Waals surface area contributed by atoms with Crippen LogP contribution in [0.1, 0.15) is 62.9 Å². The predicted octanol–water partition coefficient (Wildman–Crippen LogP) is 5.03. The maximum Gasteiger partial charge on any atom is 0.254 e. The number of carbonyl (C=O) groups is 1. The normalized spacial score (nSPS) is 14.8. The molecule has 1 aliphatic rings. The second-order valence-corrected chi connectivity index (χ2v) is 9.46. The van der Waals surface area contributed by atoms with E-state index < -0.39 is 11.6 Å². The molecule has 35 heavy (non-hydrogen) atoms. The van der Waals surface area contributed by atoms with Crippen molar-refractivity contribution in [1.82, 2.24) is 20.2 Å². The summed E-state index contributed by atoms with van der Waals surface area (Å²) in [5.41, 5.74) is 4.84. The van der Waals surface area contributed by atoms with Crippen LogP contribution >= 0.6 is 0 Å². The third kappa shape index (κ3) is 6.28. The van der Waals surface area contributed by atoms with Crippen LogP contribution < -0.4 is 5.32 Å². The monoisotopic (exact) mass is 478 g/mol. The highest BCUT2D eigenvalue weighted by Gasteiger charge is 2.26. The summed E-state index contributed by atoms with van der Waals surface area (Å²) in [5.74, 6) is -0.374. The van der Waals surface area contributed by atoms with Crippen molar-refractivity contribution in [3.05, 3.63) is 93.6 Å². The molecular weight excluding hydrogens is 446 g/mol. The lowest BCUT2D eigenvalue weighted by Crippen LogP contribution is -2.36. The van der Waals surface area contributed by atoms with Crippen LogP contribution in [-0.2, 0) is 13.0 Å². The largest absolute Gasteiger partial charge is 0.348 e. The van der Waals surface area contributed by atoms with Crippen LogP contribution in [0, 0.1) is 32.4 Å². The summed E-state index contributed by atoms with van der Waals surface area (Å²) in [5, 5.41) is 3.03. The van der Waals surface area contributed by atoms with Gasteiger partial charge in [0.15, 0.2) is 0 Å². The first kappa shape index (κ1) is 24.9. The van der Waals surface area contributed by atoms with Gasteiger partial charge in [0.25, 0.3) is 5.91 Å². The summed E-state index contributed by atoms with van der Waals surface area (Å²) in [6, 6.07) is 10.2. The van der Waals surface area contributed by atoms with E-state index in [1.807, 2.05) is 20.8 Å². The highest BCUT2D eigenvalue weighted by Crippen LogP contribution is 2.29. The summed E-state index contributed by atoms with van der Waals surface area (Å²) in [6.45, 7) is 8.53. The van der Waals surface area contributed by atoms with Crippen molar-refractivity contribution < 1.29 is 13.6 Å². The second kappa shape index (κ2) is 11.0. The number of rotatable bonds is 7. The molecule has 5 nitrogen and oxygen atoms in total. The topological polar surface area (TPSA) is 58.1 Å². The first-order chi connectivity index (χ1) is 16.8. The molecule has 1 aliphatic heterocycles. The van der Waals surface area contributed by atoms with Gasteiger partial charge >= 0.3 is 0 Å². The van der Waals surface area contributed by atoms with E-state index in [0.29, 0.717) is 30.9 Å². The van der Waals surface area contributed by atoms with Gasteiger partial charge in [0.1, 0.15) is 17.5 Å². The van der Waals surface area contributed by atoms with Crippen molar-refractivity contribution in [2.45, 2.75) is 52.5 Å². The van der Waals surface area contributed by atoms with Gasteiger partial charge in [0.05, 0.1) is 11.3 Å². The van der Waals surface area contributed by atoms with E-state index in [4.69, 9.17) is 0 Å². The Labute approximate surface area is 205 Å². The number of amides is 1. The smallest absolute Gasteiger partial charge is 0.254 e. The van der Waals surface area contributed by atoms with Gasteiger partial charge in [-0.25, -0.2) is 18.7 Å². The predicted molar refractivity (Wildman–Crippen MR) is 132 cm³/mol. The van der Waals surface area contributed by atoms with Crippen LogP contribution in [0.3, 0.4) is 0 Å². The Kier molecular flexibility index (Phi) is 7.86. The quantitative estimate of drug-likeness (QED) is 0.517. The number of likely N-dealkylation sites (tertiary alicyclic amines) is 1. The summed E-state index contributed by atoms with van der Waals surface area (Å²) in [6.07, 6.45) is 3.62. The van der Waals surface area contributed by atoms with Crippen LogP contribution in [0.5, 0.6) is 0 Å². The minimum Gasteiger partial charge on any atom is -0.348 e. The van der Waals surface area contributed by atoms with Crippen molar-refractivity contribution in [3.63, 3.8) is 0 Å². The molecule has 0 atom stereocenters. The van der Waals surface area contributed by atoms with E-state index in [0.717, 1.165) is 48.3 Å². The molecule has 0 unspecified atom stereocenters. The lowest BCUT2D eigenvalue weighted by Gasteiger charge is -2.32. The maximum absolute atomic E-state index is 13.9. The number of aryl methyl sites for hydroxylation is 3. The van der Waals surface area contributed by atoms with E-state index in [1.165, 1.54) is 18.2 Å². The molecular formula is C28H32F2N4O. The maximum atomic E-state index is 13.9. The second-order valence-electron chi connectivity index (χ2n) is 9.46. The van der Waals surface area contributed by atoms with Crippen molar-refractivity contribution in [3.8, 4) is 0 Å². The van der Waals surface area contributed by atoms with Crippen molar-refractivity contribution in [2.24, 2.45) is 0 Å². The number of carbonyl (C=O) groups excluding carboxylic acids is 1. The number of halogens is 2. The van der Waals surface area contributed by atoms with Crippen LogP contribution in [0.4, 0.5) is 8.78 Å². The molecule has 184 valence electrons. The third-order valence-corrected chi connectivity index (χ3v) is 6.63. The lowest BCUT2D eigenvalue weighted by atomic mass is 9.90. The minimum absolute atomic E-state index is 0.139. The fourth-order valence-electron chi connectivity index (χ4n) is 4.89. The zero-order chi connectivity index (χ0) is 24.9. The fraction of sp³-hybridized carbons (Fsp3) is 0.393. The number of benzene rings is 2. The third-order valence-electron chi connectivity index (χ3n) is 6.63. The van der Waals surface area contributed by atoms with Gasteiger partial charge in [-0.15, -0.1) is 0 Å². The van der Waals surface area contributed by atoms with Gasteiger partial charge in [-0.05, 0) is 70.8 Å². The number of hydrogen-bond donors (Lipinski definition) is 1. The molecule has 0 bridgehead atoms. The molecule has 1 saturated heterocycles. The molecule has 4 rings (SSSR count). The molecule has 0 spiro atoms. The summed E-state index contributed by atoms with van der Waals surface area (Å²) >= 11 is 0. The van der Waals surface area contributed by atoms with E-state index >= 15 is 0 Å². The summed E-state index contributed by atoms with van der Waals surface area (Å²) in [4.78, 5) is 24.2. The SMILES string of the molecule is Cc1cc(C)cc(CNC(=O)c2cnc(C)nc2C2CCN(CCc3c(F)cccc3F)CC2)c1. The number of hydrogen-bond acceptors (Lipinski definition) is 4. The van der Waals surface area contributed by atoms with E-state index in [2.05, 4.69) is 38.4 Å². The van der Waals surface area contributed by atoms with Gasteiger partial charge in [0.2, 0.25) is 0 Å². The van der Waals surface area contributed by atoms with Gasteiger partial charge in [0, 0.05) is 30.8 Å². The van der Waals surface area contributed by atoms with Gasteiger partial charge in [-0.3, -0.25) is 4.79 Å². The van der Waals surface area contributed by atoms with E-state index in [1.54, 1.807) is 6.20 Å². The molecule has 1 amide bonds. The average Bonchev–Trinajstić information content (AvgIpc) is 2.82. The Hall–Kier alpha value is -3.19. The Morgan fingerprint density at radius 1 is 1.06 bits per heavy atom. The van der Waals surface area contributed by atoms with Crippen molar-refractivity contribution >= 4 is 5.91 Å². The van der Waals surface area contributed by atoms with Crippen LogP contribution in [-0.4, -0.2) is 40.4 Å². The standard InChI is InChI=1S/C28H32F2N4O/c1-18-13-19(2)15-21(14-18)16-32-28(35)24-17-31-20(3)33-27(24)22-7-10-34(11-8-22)12-9-23-25(29)5-4-6-26(23)30/h4-6,13-15,17,22H,7-12,16H2,1-3H3,(H,32,35). The zero-order valence-corrected chi connectivity index (χ0v) is 20.6. The molecule has 0 aliphatic carbocycles. The first-order valence-electron chi connectivity index (χ1n) is 12.1.